The van der Waals surface area contributed by atoms with Crippen LogP contribution in [-0.2, 0) is 17.0 Å². The molecule has 0 saturated carbocycles. The summed E-state index contributed by atoms with van der Waals surface area (Å²) in [7, 11) is 0. The quantitative estimate of drug-likeness (QED) is 0.677. The maximum atomic E-state index is 12.2. The van der Waals surface area contributed by atoms with Gasteiger partial charge >= 0.3 is 0 Å². The summed E-state index contributed by atoms with van der Waals surface area (Å²) >= 11 is 1.83. The van der Waals surface area contributed by atoms with Gasteiger partial charge in [-0.3, -0.25) is 4.79 Å². The van der Waals surface area contributed by atoms with Crippen molar-refractivity contribution in [1.29, 1.82) is 0 Å². The minimum absolute atomic E-state index is 0.0672. The zero-order valence-electron chi connectivity index (χ0n) is 15.2. The molecule has 0 aromatic heterocycles. The van der Waals surface area contributed by atoms with Crippen LogP contribution in [0.3, 0.4) is 0 Å². The summed E-state index contributed by atoms with van der Waals surface area (Å²) in [5.74, 6) is 2.58. The molecule has 0 heterocycles. The number of thioether (sulfide) groups is 1. The number of hydrogen-bond acceptors (Lipinski definition) is 3. The third-order valence-electron chi connectivity index (χ3n) is 4.09. The van der Waals surface area contributed by atoms with Crippen molar-refractivity contribution >= 4 is 17.7 Å². The molecule has 134 valence electrons. The lowest BCUT2D eigenvalue weighted by Crippen LogP contribution is -2.37. The Hall–Kier alpha value is -1.94. The van der Waals surface area contributed by atoms with Crippen LogP contribution in [0.5, 0.6) is 5.75 Å². The number of para-hydroxylation sites is 1. The van der Waals surface area contributed by atoms with E-state index in [-0.39, 0.29) is 5.91 Å². The summed E-state index contributed by atoms with van der Waals surface area (Å²) in [5, 5.41) is 2.96. The van der Waals surface area contributed by atoms with Gasteiger partial charge in [0.05, 0.1) is 0 Å². The lowest BCUT2D eigenvalue weighted by molar-refractivity contribution is -0.127. The highest BCUT2D eigenvalue weighted by Gasteiger charge is 2.15. The fourth-order valence-corrected chi connectivity index (χ4v) is 3.43. The van der Waals surface area contributed by atoms with Crippen LogP contribution in [0.2, 0.25) is 0 Å². The van der Waals surface area contributed by atoms with Crippen molar-refractivity contribution in [3.63, 3.8) is 0 Å². The summed E-state index contributed by atoms with van der Waals surface area (Å²) in [6.07, 6.45) is 0.397. The molecular weight excluding hydrogens is 330 g/mol. The molecule has 0 aliphatic heterocycles. The number of ether oxygens (including phenoxy) is 1. The second-order valence-electron chi connectivity index (χ2n) is 5.99. The van der Waals surface area contributed by atoms with Gasteiger partial charge in [0.15, 0.2) is 6.10 Å². The summed E-state index contributed by atoms with van der Waals surface area (Å²) in [6, 6.07) is 16.3. The molecule has 0 fully saturated rings. The number of hydrogen-bond donors (Lipinski definition) is 1. The monoisotopic (exact) mass is 357 g/mol. The van der Waals surface area contributed by atoms with Gasteiger partial charge in [0.1, 0.15) is 5.75 Å². The van der Waals surface area contributed by atoms with E-state index in [2.05, 4.69) is 43.4 Å². The van der Waals surface area contributed by atoms with Gasteiger partial charge in [0.2, 0.25) is 0 Å². The highest BCUT2D eigenvalue weighted by molar-refractivity contribution is 7.98. The van der Waals surface area contributed by atoms with Crippen LogP contribution in [0.25, 0.3) is 0 Å². The normalized spacial score (nSPS) is 11.8. The zero-order valence-corrected chi connectivity index (χ0v) is 16.1. The van der Waals surface area contributed by atoms with E-state index in [1.165, 1.54) is 11.1 Å². The molecule has 25 heavy (non-hydrogen) atoms. The first-order chi connectivity index (χ1) is 12.1. The second kappa shape index (κ2) is 10.1. The van der Waals surface area contributed by atoms with E-state index >= 15 is 0 Å². The molecule has 0 saturated heterocycles. The summed E-state index contributed by atoms with van der Waals surface area (Å²) in [6.45, 7) is 6.66. The Morgan fingerprint density at radius 1 is 1.12 bits per heavy atom. The van der Waals surface area contributed by atoms with Crippen LogP contribution < -0.4 is 10.1 Å². The third-order valence-corrected chi connectivity index (χ3v) is 5.10. The number of nitrogens with one attached hydrogen (secondary N) is 1. The second-order valence-corrected chi connectivity index (χ2v) is 7.10. The highest BCUT2D eigenvalue weighted by atomic mass is 32.2. The van der Waals surface area contributed by atoms with Gasteiger partial charge in [-0.05, 0) is 43.0 Å². The largest absolute Gasteiger partial charge is 0.481 e. The zero-order chi connectivity index (χ0) is 18.1. The average molecular weight is 358 g/mol. The number of carbonyl (C=O) groups excluding carboxylic acids is 1. The van der Waals surface area contributed by atoms with Crippen LogP contribution >= 0.6 is 11.8 Å². The van der Waals surface area contributed by atoms with Crippen molar-refractivity contribution in [2.24, 2.45) is 0 Å². The lowest BCUT2D eigenvalue weighted by atomic mass is 10.1. The summed E-state index contributed by atoms with van der Waals surface area (Å²) in [5.41, 5.74) is 3.79. The Morgan fingerprint density at radius 2 is 1.80 bits per heavy atom. The summed E-state index contributed by atoms with van der Waals surface area (Å²) < 4.78 is 5.82. The molecule has 0 bridgehead atoms. The Bertz CT molecular complexity index is 687. The molecular formula is C21H27NO2S. The van der Waals surface area contributed by atoms with E-state index < -0.39 is 6.10 Å². The van der Waals surface area contributed by atoms with E-state index in [1.807, 2.05) is 36.0 Å². The van der Waals surface area contributed by atoms with E-state index in [0.29, 0.717) is 6.54 Å². The van der Waals surface area contributed by atoms with E-state index in [4.69, 9.17) is 4.74 Å². The number of rotatable bonds is 9. The maximum absolute atomic E-state index is 12.2. The Morgan fingerprint density at radius 3 is 2.52 bits per heavy atom. The molecule has 0 aliphatic rings. The smallest absolute Gasteiger partial charge is 0.260 e. The molecule has 1 N–H and O–H groups in total. The Kier molecular flexibility index (Phi) is 7.86. The van der Waals surface area contributed by atoms with E-state index in [9.17, 15) is 4.79 Å². The molecule has 3 nitrogen and oxygen atoms in total. The maximum Gasteiger partial charge on any atom is 0.260 e. The predicted octanol–water partition coefficient (Wildman–Crippen LogP) is 4.37. The first-order valence-electron chi connectivity index (χ1n) is 8.76. The van der Waals surface area contributed by atoms with E-state index in [0.717, 1.165) is 29.2 Å². The van der Waals surface area contributed by atoms with Crippen LogP contribution in [-0.4, -0.2) is 24.3 Å². The van der Waals surface area contributed by atoms with Gasteiger partial charge in [0, 0.05) is 18.1 Å². The molecule has 2 aromatic carbocycles. The Balaban J connectivity index is 1.70. The van der Waals surface area contributed by atoms with Gasteiger partial charge in [-0.25, -0.2) is 0 Å². The van der Waals surface area contributed by atoms with Gasteiger partial charge in [0.25, 0.3) is 5.91 Å². The molecule has 0 radical (unpaired) electrons. The lowest BCUT2D eigenvalue weighted by Gasteiger charge is -2.16. The van der Waals surface area contributed by atoms with Crippen molar-refractivity contribution < 1.29 is 9.53 Å². The van der Waals surface area contributed by atoms with Crippen molar-refractivity contribution in [3.05, 3.63) is 65.2 Å². The molecule has 2 aromatic rings. The summed E-state index contributed by atoms with van der Waals surface area (Å²) in [4.78, 5) is 12.2. The van der Waals surface area contributed by atoms with Crippen molar-refractivity contribution in [3.8, 4) is 5.75 Å². The Labute approximate surface area is 155 Å². The molecule has 2 rings (SSSR count). The van der Waals surface area contributed by atoms with Crippen LogP contribution in [0.4, 0.5) is 0 Å². The standard InChI is InChI=1S/C21H27NO2S/c1-4-18-10-7-8-12-20(18)24-17(3)21(23)22-13-14-25-15-19-11-6-5-9-16(19)2/h5-12,17H,4,13-15H2,1-3H3,(H,22,23). The molecule has 1 atom stereocenters. The molecule has 0 aliphatic carbocycles. The topological polar surface area (TPSA) is 38.3 Å². The van der Waals surface area contributed by atoms with Crippen molar-refractivity contribution in [1.82, 2.24) is 5.32 Å². The van der Waals surface area contributed by atoms with Crippen LogP contribution in [0, 0.1) is 6.92 Å². The van der Waals surface area contributed by atoms with E-state index in [1.54, 1.807) is 6.92 Å². The minimum atomic E-state index is -0.492. The van der Waals surface area contributed by atoms with Crippen LogP contribution in [0.15, 0.2) is 48.5 Å². The van der Waals surface area contributed by atoms with Gasteiger partial charge in [-0.2, -0.15) is 11.8 Å². The first kappa shape index (κ1) is 19.4. The highest BCUT2D eigenvalue weighted by Crippen LogP contribution is 2.20. The number of amides is 1. The number of benzene rings is 2. The van der Waals surface area contributed by atoms with Gasteiger partial charge < -0.3 is 10.1 Å². The average Bonchev–Trinajstić information content (AvgIpc) is 2.63. The predicted molar refractivity (Wildman–Crippen MR) is 106 cm³/mol. The number of carbonyl (C=O) groups is 1. The SMILES string of the molecule is CCc1ccccc1OC(C)C(=O)NCCSCc1ccccc1C. The first-order valence-corrected chi connectivity index (χ1v) is 9.91. The van der Waals surface area contributed by atoms with Crippen LogP contribution in [0.1, 0.15) is 30.5 Å². The molecule has 1 unspecified atom stereocenters. The fourth-order valence-electron chi connectivity index (χ4n) is 2.50. The molecule has 0 spiro atoms. The number of aryl methyl sites for hydroxylation is 2. The third kappa shape index (κ3) is 6.13. The van der Waals surface area contributed by atoms with Crippen molar-refractivity contribution in [2.45, 2.75) is 39.0 Å². The minimum Gasteiger partial charge on any atom is -0.481 e. The fraction of sp³-hybridized carbons (Fsp3) is 0.381. The van der Waals surface area contributed by atoms with Gasteiger partial charge in [-0.1, -0.05) is 49.4 Å². The van der Waals surface area contributed by atoms with Crippen molar-refractivity contribution in [2.75, 3.05) is 12.3 Å². The molecule has 1 amide bonds. The van der Waals surface area contributed by atoms with Gasteiger partial charge in [-0.15, -0.1) is 0 Å². The molecule has 4 heteroatoms.